The van der Waals surface area contributed by atoms with E-state index in [1.807, 2.05) is 31.3 Å². The second kappa shape index (κ2) is 3.79. The summed E-state index contributed by atoms with van der Waals surface area (Å²) in [5, 5.41) is 10.9. The van der Waals surface area contributed by atoms with Crippen LogP contribution in [-0.2, 0) is 6.54 Å². The van der Waals surface area contributed by atoms with Crippen LogP contribution in [0.2, 0.25) is 0 Å². The number of β-amino-alcohol motifs (C(OH)–C–C–N with tert-alkyl or cyclic N) is 1. The van der Waals surface area contributed by atoms with E-state index in [1.165, 1.54) is 10.9 Å². The lowest BCUT2D eigenvalue weighted by Crippen LogP contribution is -2.59. The highest BCUT2D eigenvalue weighted by molar-refractivity contribution is 5.81. The van der Waals surface area contributed by atoms with E-state index in [1.54, 1.807) is 0 Å². The van der Waals surface area contributed by atoms with Gasteiger partial charge in [0.2, 0.25) is 0 Å². The summed E-state index contributed by atoms with van der Waals surface area (Å²) in [6, 6.07) is 10.3. The Bertz CT molecular complexity index is 537. The van der Waals surface area contributed by atoms with Crippen molar-refractivity contribution in [2.24, 2.45) is 0 Å². The second-order valence-corrected chi connectivity index (χ2v) is 5.13. The van der Waals surface area contributed by atoms with Gasteiger partial charge in [0.05, 0.1) is 11.1 Å². The first-order chi connectivity index (χ1) is 8.14. The van der Waals surface area contributed by atoms with Crippen LogP contribution in [0.15, 0.2) is 36.5 Å². The van der Waals surface area contributed by atoms with E-state index < -0.39 is 5.60 Å². The van der Waals surface area contributed by atoms with Crippen LogP contribution in [-0.4, -0.2) is 33.7 Å². The number of rotatable bonds is 2. The summed E-state index contributed by atoms with van der Waals surface area (Å²) in [5.41, 5.74) is 1.83. The first-order valence-electron chi connectivity index (χ1n) is 5.91. The van der Waals surface area contributed by atoms with Crippen LogP contribution in [0.3, 0.4) is 0 Å². The zero-order valence-electron chi connectivity index (χ0n) is 9.93. The number of para-hydroxylation sites is 1. The summed E-state index contributed by atoms with van der Waals surface area (Å²) in [5.74, 6) is 0. The molecular formula is C14H16N2O. The SMILES string of the molecule is CC1(O)CN(Cc2ccnc3ccccc23)C1. The molecule has 1 N–H and O–H groups in total. The van der Waals surface area contributed by atoms with Crippen molar-refractivity contribution in [3.05, 3.63) is 42.1 Å². The molecule has 2 heterocycles. The fraction of sp³-hybridized carbons (Fsp3) is 0.357. The molecule has 0 amide bonds. The number of hydrogen-bond acceptors (Lipinski definition) is 3. The van der Waals surface area contributed by atoms with Gasteiger partial charge in [-0.3, -0.25) is 9.88 Å². The number of benzene rings is 1. The minimum absolute atomic E-state index is 0.497. The van der Waals surface area contributed by atoms with Gasteiger partial charge in [0, 0.05) is 31.2 Å². The third kappa shape index (κ3) is 2.04. The van der Waals surface area contributed by atoms with E-state index in [0.717, 1.165) is 25.2 Å². The van der Waals surface area contributed by atoms with Gasteiger partial charge in [0.15, 0.2) is 0 Å². The van der Waals surface area contributed by atoms with E-state index in [2.05, 4.69) is 22.0 Å². The molecule has 1 aromatic carbocycles. The molecule has 88 valence electrons. The lowest BCUT2D eigenvalue weighted by atomic mass is 9.96. The summed E-state index contributed by atoms with van der Waals surface area (Å²) in [6.07, 6.45) is 1.86. The van der Waals surface area contributed by atoms with Gasteiger partial charge in [-0.15, -0.1) is 0 Å². The minimum atomic E-state index is -0.497. The summed E-state index contributed by atoms with van der Waals surface area (Å²) in [6.45, 7) is 4.28. The molecule has 3 heteroatoms. The van der Waals surface area contributed by atoms with Crippen molar-refractivity contribution in [1.82, 2.24) is 9.88 Å². The Balaban J connectivity index is 1.86. The predicted molar refractivity (Wildman–Crippen MR) is 67.6 cm³/mol. The number of nitrogens with zero attached hydrogens (tertiary/aromatic N) is 2. The van der Waals surface area contributed by atoms with Gasteiger partial charge in [0.25, 0.3) is 0 Å². The number of aromatic nitrogens is 1. The first kappa shape index (κ1) is 10.7. The summed E-state index contributed by atoms with van der Waals surface area (Å²) >= 11 is 0. The standard InChI is InChI=1S/C14H16N2O/c1-14(17)9-16(10-14)8-11-6-7-15-13-5-3-2-4-12(11)13/h2-7,17H,8-10H2,1H3. The van der Waals surface area contributed by atoms with Crippen LogP contribution in [0.25, 0.3) is 10.9 Å². The molecule has 0 spiro atoms. The van der Waals surface area contributed by atoms with E-state index >= 15 is 0 Å². The van der Waals surface area contributed by atoms with E-state index in [-0.39, 0.29) is 0 Å². The maximum atomic E-state index is 9.72. The molecule has 0 unspecified atom stereocenters. The third-order valence-corrected chi connectivity index (χ3v) is 3.26. The average molecular weight is 228 g/mol. The maximum Gasteiger partial charge on any atom is 0.0872 e. The van der Waals surface area contributed by atoms with E-state index in [0.29, 0.717) is 0 Å². The summed E-state index contributed by atoms with van der Waals surface area (Å²) in [4.78, 5) is 6.61. The molecule has 1 aromatic heterocycles. The van der Waals surface area contributed by atoms with Gasteiger partial charge in [-0.25, -0.2) is 0 Å². The third-order valence-electron chi connectivity index (χ3n) is 3.26. The normalized spacial score (nSPS) is 19.2. The van der Waals surface area contributed by atoms with Gasteiger partial charge < -0.3 is 5.11 Å². The smallest absolute Gasteiger partial charge is 0.0872 e. The molecule has 0 saturated carbocycles. The zero-order chi connectivity index (χ0) is 11.9. The molecule has 0 bridgehead atoms. The van der Waals surface area contributed by atoms with Crippen molar-refractivity contribution >= 4 is 10.9 Å². The molecule has 1 aliphatic rings. The highest BCUT2D eigenvalue weighted by Gasteiger charge is 2.36. The van der Waals surface area contributed by atoms with Crippen LogP contribution < -0.4 is 0 Å². The number of likely N-dealkylation sites (tertiary alicyclic amines) is 1. The Labute approximate surface area is 101 Å². The number of pyridine rings is 1. The number of hydrogen-bond donors (Lipinski definition) is 1. The molecule has 3 rings (SSSR count). The molecule has 0 atom stereocenters. The maximum absolute atomic E-state index is 9.72. The highest BCUT2D eigenvalue weighted by atomic mass is 16.3. The van der Waals surface area contributed by atoms with Crippen LogP contribution in [0.4, 0.5) is 0 Å². The molecule has 1 fully saturated rings. The molecule has 0 aliphatic carbocycles. The zero-order valence-corrected chi connectivity index (χ0v) is 9.93. The monoisotopic (exact) mass is 228 g/mol. The van der Waals surface area contributed by atoms with E-state index in [9.17, 15) is 5.11 Å². The predicted octanol–water partition coefficient (Wildman–Crippen LogP) is 1.80. The van der Waals surface area contributed by atoms with Crippen molar-refractivity contribution in [3.8, 4) is 0 Å². The van der Waals surface area contributed by atoms with Gasteiger partial charge in [-0.1, -0.05) is 18.2 Å². The minimum Gasteiger partial charge on any atom is -0.388 e. The molecular weight excluding hydrogens is 212 g/mol. The Morgan fingerprint density at radius 3 is 2.82 bits per heavy atom. The summed E-state index contributed by atoms with van der Waals surface area (Å²) < 4.78 is 0. The van der Waals surface area contributed by atoms with Crippen molar-refractivity contribution in [1.29, 1.82) is 0 Å². The van der Waals surface area contributed by atoms with Gasteiger partial charge in [0.1, 0.15) is 0 Å². The molecule has 1 aliphatic heterocycles. The van der Waals surface area contributed by atoms with Crippen LogP contribution >= 0.6 is 0 Å². The molecule has 17 heavy (non-hydrogen) atoms. The van der Waals surface area contributed by atoms with Crippen LogP contribution in [0.1, 0.15) is 12.5 Å². The number of aliphatic hydroxyl groups is 1. The fourth-order valence-electron chi connectivity index (χ4n) is 2.56. The average Bonchev–Trinajstić information content (AvgIpc) is 2.27. The molecule has 3 nitrogen and oxygen atoms in total. The highest BCUT2D eigenvalue weighted by Crippen LogP contribution is 2.24. The van der Waals surface area contributed by atoms with Gasteiger partial charge >= 0.3 is 0 Å². The van der Waals surface area contributed by atoms with Crippen molar-refractivity contribution in [3.63, 3.8) is 0 Å². The number of fused-ring (bicyclic) bond motifs is 1. The lowest BCUT2D eigenvalue weighted by molar-refractivity contribution is -0.0869. The Morgan fingerprint density at radius 1 is 1.29 bits per heavy atom. The van der Waals surface area contributed by atoms with E-state index in [4.69, 9.17) is 0 Å². The van der Waals surface area contributed by atoms with Gasteiger partial charge in [-0.2, -0.15) is 0 Å². The quantitative estimate of drug-likeness (QED) is 0.851. The molecule has 2 aromatic rings. The summed E-state index contributed by atoms with van der Waals surface area (Å²) in [7, 11) is 0. The Morgan fingerprint density at radius 2 is 2.06 bits per heavy atom. The van der Waals surface area contributed by atoms with Crippen molar-refractivity contribution in [2.75, 3.05) is 13.1 Å². The fourth-order valence-corrected chi connectivity index (χ4v) is 2.56. The first-order valence-corrected chi connectivity index (χ1v) is 5.91. The molecule has 0 radical (unpaired) electrons. The van der Waals surface area contributed by atoms with Crippen LogP contribution in [0, 0.1) is 0 Å². The van der Waals surface area contributed by atoms with Gasteiger partial charge in [-0.05, 0) is 24.6 Å². The Kier molecular flexibility index (Phi) is 2.38. The largest absolute Gasteiger partial charge is 0.388 e. The van der Waals surface area contributed by atoms with Crippen molar-refractivity contribution in [2.45, 2.75) is 19.1 Å². The van der Waals surface area contributed by atoms with Crippen LogP contribution in [0.5, 0.6) is 0 Å². The second-order valence-electron chi connectivity index (χ2n) is 5.13. The lowest BCUT2D eigenvalue weighted by Gasteiger charge is -2.44. The topological polar surface area (TPSA) is 36.4 Å². The van der Waals surface area contributed by atoms with Crippen molar-refractivity contribution < 1.29 is 5.11 Å². The Hall–Kier alpha value is -1.45. The molecule has 1 saturated heterocycles.